The molecule has 0 aliphatic heterocycles. The lowest BCUT2D eigenvalue weighted by molar-refractivity contribution is 0.847. The van der Waals surface area contributed by atoms with Gasteiger partial charge in [0.1, 0.15) is 11.6 Å². The fraction of sp³-hybridized carbons (Fsp3) is 0.375. The van der Waals surface area contributed by atoms with Gasteiger partial charge in [0.05, 0.1) is 15.9 Å². The lowest BCUT2D eigenvalue weighted by Crippen LogP contribution is -2.05. The summed E-state index contributed by atoms with van der Waals surface area (Å²) in [5, 5.41) is 3.13. The SMILES string of the molecule is CCCc1nc(CSc2cccc(C)c2)nc(NC)c1Br. The number of benzene rings is 1. The highest BCUT2D eigenvalue weighted by atomic mass is 79.9. The molecule has 112 valence electrons. The van der Waals surface area contributed by atoms with Gasteiger partial charge in [-0.15, -0.1) is 11.8 Å². The Bertz CT molecular complexity index is 616. The van der Waals surface area contributed by atoms with Crippen molar-refractivity contribution >= 4 is 33.5 Å². The minimum Gasteiger partial charge on any atom is -0.372 e. The van der Waals surface area contributed by atoms with Gasteiger partial charge in [-0.1, -0.05) is 31.0 Å². The van der Waals surface area contributed by atoms with Crippen molar-refractivity contribution in [2.75, 3.05) is 12.4 Å². The standard InChI is InChI=1S/C16H20BrN3S/c1-4-6-13-15(17)16(18-3)20-14(19-13)10-21-12-8-5-7-11(2)9-12/h5,7-9H,4,6,10H2,1-3H3,(H,18,19,20). The molecule has 21 heavy (non-hydrogen) atoms. The van der Waals surface area contributed by atoms with E-state index in [2.05, 4.69) is 69.3 Å². The molecule has 2 aromatic rings. The smallest absolute Gasteiger partial charge is 0.144 e. The summed E-state index contributed by atoms with van der Waals surface area (Å²) in [7, 11) is 1.89. The molecule has 0 saturated carbocycles. The molecule has 1 N–H and O–H groups in total. The Morgan fingerprint density at radius 2 is 2.10 bits per heavy atom. The number of aromatic nitrogens is 2. The first-order chi connectivity index (χ1) is 10.1. The van der Waals surface area contributed by atoms with Gasteiger partial charge in [-0.3, -0.25) is 0 Å². The summed E-state index contributed by atoms with van der Waals surface area (Å²) >= 11 is 5.36. The van der Waals surface area contributed by atoms with Gasteiger partial charge < -0.3 is 5.32 Å². The van der Waals surface area contributed by atoms with E-state index >= 15 is 0 Å². The van der Waals surface area contributed by atoms with Crippen molar-refractivity contribution in [2.24, 2.45) is 0 Å². The normalized spacial score (nSPS) is 10.7. The Labute approximate surface area is 139 Å². The summed E-state index contributed by atoms with van der Waals surface area (Å²) in [5.74, 6) is 2.52. The molecule has 0 amide bonds. The molecule has 1 aromatic heterocycles. The quantitative estimate of drug-likeness (QED) is 0.743. The fourth-order valence-electron chi connectivity index (χ4n) is 2.03. The van der Waals surface area contributed by atoms with Crippen molar-refractivity contribution in [2.45, 2.75) is 37.3 Å². The molecule has 5 heteroatoms. The Balaban J connectivity index is 2.17. The van der Waals surface area contributed by atoms with Gasteiger partial charge >= 0.3 is 0 Å². The van der Waals surface area contributed by atoms with Gasteiger partial charge in [-0.25, -0.2) is 9.97 Å². The summed E-state index contributed by atoms with van der Waals surface area (Å²) in [6.07, 6.45) is 2.03. The largest absolute Gasteiger partial charge is 0.372 e. The van der Waals surface area contributed by atoms with E-state index in [1.54, 1.807) is 11.8 Å². The molecule has 0 radical (unpaired) electrons. The van der Waals surface area contributed by atoms with E-state index in [0.29, 0.717) is 0 Å². The minimum absolute atomic E-state index is 0.780. The number of thioether (sulfide) groups is 1. The molecule has 0 aliphatic carbocycles. The number of hydrogen-bond donors (Lipinski definition) is 1. The predicted octanol–water partition coefficient (Wildman–Crippen LogP) is 4.83. The number of aryl methyl sites for hydroxylation is 2. The van der Waals surface area contributed by atoms with Crippen LogP contribution in [-0.4, -0.2) is 17.0 Å². The van der Waals surface area contributed by atoms with E-state index in [0.717, 1.165) is 40.4 Å². The molecule has 2 rings (SSSR count). The van der Waals surface area contributed by atoms with Crippen LogP contribution in [0.2, 0.25) is 0 Å². The van der Waals surface area contributed by atoms with Crippen LogP contribution >= 0.6 is 27.7 Å². The highest BCUT2D eigenvalue weighted by Crippen LogP contribution is 2.27. The zero-order valence-corrected chi connectivity index (χ0v) is 15.0. The Kier molecular flexibility index (Phi) is 6.06. The van der Waals surface area contributed by atoms with E-state index in [-0.39, 0.29) is 0 Å². The molecule has 0 saturated heterocycles. The van der Waals surface area contributed by atoms with Crippen LogP contribution in [0.4, 0.5) is 5.82 Å². The summed E-state index contributed by atoms with van der Waals surface area (Å²) in [4.78, 5) is 10.5. The van der Waals surface area contributed by atoms with E-state index < -0.39 is 0 Å². The van der Waals surface area contributed by atoms with Crippen molar-refractivity contribution in [3.8, 4) is 0 Å². The van der Waals surface area contributed by atoms with Gasteiger partial charge in [0.2, 0.25) is 0 Å². The number of anilines is 1. The Morgan fingerprint density at radius 1 is 1.29 bits per heavy atom. The van der Waals surface area contributed by atoms with Crippen LogP contribution in [0, 0.1) is 6.92 Å². The average molecular weight is 366 g/mol. The van der Waals surface area contributed by atoms with Crippen LogP contribution in [0.1, 0.15) is 30.4 Å². The molecule has 0 spiro atoms. The van der Waals surface area contributed by atoms with Crippen molar-refractivity contribution in [1.29, 1.82) is 0 Å². The van der Waals surface area contributed by atoms with Gasteiger partial charge in [0.25, 0.3) is 0 Å². The molecular formula is C16H20BrN3S. The zero-order valence-electron chi connectivity index (χ0n) is 12.6. The molecule has 1 heterocycles. The van der Waals surface area contributed by atoms with Gasteiger partial charge in [0, 0.05) is 11.9 Å². The molecular weight excluding hydrogens is 346 g/mol. The first-order valence-corrected chi connectivity index (χ1v) is 8.84. The molecule has 3 nitrogen and oxygen atoms in total. The maximum Gasteiger partial charge on any atom is 0.144 e. The number of rotatable bonds is 6. The maximum atomic E-state index is 4.69. The van der Waals surface area contributed by atoms with Crippen LogP contribution in [0.25, 0.3) is 0 Å². The van der Waals surface area contributed by atoms with E-state index in [1.807, 2.05) is 7.05 Å². The highest BCUT2D eigenvalue weighted by molar-refractivity contribution is 9.10. The fourth-order valence-corrected chi connectivity index (χ4v) is 3.47. The molecule has 0 unspecified atom stereocenters. The van der Waals surface area contributed by atoms with Crippen LogP contribution in [0.3, 0.4) is 0 Å². The molecule has 0 aliphatic rings. The second-order valence-corrected chi connectivity index (χ2v) is 6.70. The summed E-state index contributed by atoms with van der Waals surface area (Å²) in [6.45, 7) is 4.27. The second kappa shape index (κ2) is 7.80. The van der Waals surface area contributed by atoms with Crippen LogP contribution in [-0.2, 0) is 12.2 Å². The van der Waals surface area contributed by atoms with Crippen LogP contribution in [0.5, 0.6) is 0 Å². The first kappa shape index (κ1) is 16.3. The highest BCUT2D eigenvalue weighted by Gasteiger charge is 2.11. The first-order valence-electron chi connectivity index (χ1n) is 7.06. The Hall–Kier alpha value is -1.07. The van der Waals surface area contributed by atoms with Crippen molar-refractivity contribution in [1.82, 2.24) is 9.97 Å². The summed E-state index contributed by atoms with van der Waals surface area (Å²) in [6, 6.07) is 8.51. The second-order valence-electron chi connectivity index (χ2n) is 4.85. The molecule has 0 fully saturated rings. The van der Waals surface area contributed by atoms with Crippen LogP contribution < -0.4 is 5.32 Å². The molecule has 1 aromatic carbocycles. The number of hydrogen-bond acceptors (Lipinski definition) is 4. The van der Waals surface area contributed by atoms with E-state index in [4.69, 9.17) is 0 Å². The molecule has 0 atom stereocenters. The lowest BCUT2D eigenvalue weighted by Gasteiger charge is -2.10. The van der Waals surface area contributed by atoms with Gasteiger partial charge in [-0.2, -0.15) is 0 Å². The number of halogens is 1. The van der Waals surface area contributed by atoms with Crippen molar-refractivity contribution in [3.05, 3.63) is 45.8 Å². The zero-order chi connectivity index (χ0) is 15.2. The van der Waals surface area contributed by atoms with Gasteiger partial charge in [0.15, 0.2) is 0 Å². The number of nitrogens with zero attached hydrogens (tertiary/aromatic N) is 2. The van der Waals surface area contributed by atoms with Crippen LogP contribution in [0.15, 0.2) is 33.6 Å². The summed E-state index contributed by atoms with van der Waals surface area (Å²) in [5.41, 5.74) is 2.36. The lowest BCUT2D eigenvalue weighted by atomic mass is 10.2. The van der Waals surface area contributed by atoms with Gasteiger partial charge in [-0.05, 0) is 41.4 Å². The average Bonchev–Trinajstić information content (AvgIpc) is 2.48. The maximum absolute atomic E-state index is 4.69. The monoisotopic (exact) mass is 365 g/mol. The Morgan fingerprint density at radius 3 is 2.76 bits per heavy atom. The van der Waals surface area contributed by atoms with E-state index in [1.165, 1.54) is 10.5 Å². The topological polar surface area (TPSA) is 37.8 Å². The third-order valence-corrected chi connectivity index (χ3v) is 4.87. The third kappa shape index (κ3) is 4.45. The van der Waals surface area contributed by atoms with Crippen molar-refractivity contribution < 1.29 is 0 Å². The minimum atomic E-state index is 0.780. The predicted molar refractivity (Wildman–Crippen MR) is 94.0 cm³/mol. The third-order valence-electron chi connectivity index (χ3n) is 3.05. The number of nitrogens with one attached hydrogen (secondary N) is 1. The molecule has 0 bridgehead atoms. The summed E-state index contributed by atoms with van der Waals surface area (Å²) < 4.78 is 0.983. The van der Waals surface area contributed by atoms with E-state index in [9.17, 15) is 0 Å². The van der Waals surface area contributed by atoms with Crippen molar-refractivity contribution in [3.63, 3.8) is 0 Å².